The zero-order chi connectivity index (χ0) is 24.1. The van der Waals surface area contributed by atoms with Crippen molar-refractivity contribution < 1.29 is 9.53 Å². The standard InChI is InChI=1S/C23H25N9O3/c1-24-19-11-17(26-15-4-3-7-31(23(15)34)18-5-8-30(2)29-18)28-21-14(12-25-32(19)21)22(33)27-16-10-13-6-9-35-20(13)16/h3-5,7-8,11-13,16,20,24H,6,9-10H2,1-2H3,(H,26,28)(H,27,33)/t13-,16?,20?/m0/s1. The van der Waals surface area contributed by atoms with Gasteiger partial charge >= 0.3 is 0 Å². The molecule has 12 nitrogen and oxygen atoms in total. The van der Waals surface area contributed by atoms with E-state index < -0.39 is 0 Å². The normalized spacial score (nSPS) is 20.9. The van der Waals surface area contributed by atoms with Crippen molar-refractivity contribution >= 4 is 28.9 Å². The van der Waals surface area contributed by atoms with Gasteiger partial charge in [-0.1, -0.05) is 0 Å². The van der Waals surface area contributed by atoms with Gasteiger partial charge < -0.3 is 20.7 Å². The van der Waals surface area contributed by atoms with Gasteiger partial charge in [-0.2, -0.15) is 14.7 Å². The lowest BCUT2D eigenvalue weighted by Gasteiger charge is -2.39. The quantitative estimate of drug-likeness (QED) is 0.380. The molecule has 180 valence electrons. The zero-order valence-corrected chi connectivity index (χ0v) is 19.3. The molecule has 0 aromatic carbocycles. The van der Waals surface area contributed by atoms with Crippen molar-refractivity contribution in [2.24, 2.45) is 13.0 Å². The molecule has 12 heteroatoms. The van der Waals surface area contributed by atoms with Crippen molar-refractivity contribution in [2.75, 3.05) is 24.3 Å². The van der Waals surface area contributed by atoms with E-state index in [2.05, 4.69) is 31.1 Å². The summed E-state index contributed by atoms with van der Waals surface area (Å²) >= 11 is 0. The summed E-state index contributed by atoms with van der Waals surface area (Å²) in [5, 5.41) is 17.9. The van der Waals surface area contributed by atoms with E-state index >= 15 is 0 Å². The first kappa shape index (κ1) is 21.4. The third-order valence-corrected chi connectivity index (χ3v) is 6.66. The number of aromatic nitrogens is 6. The predicted molar refractivity (Wildman–Crippen MR) is 128 cm³/mol. The van der Waals surface area contributed by atoms with Crippen LogP contribution in [0.5, 0.6) is 0 Å². The first-order chi connectivity index (χ1) is 17.0. The Kier molecular flexibility index (Phi) is 5.02. The van der Waals surface area contributed by atoms with E-state index in [-0.39, 0.29) is 23.6 Å². The summed E-state index contributed by atoms with van der Waals surface area (Å²) in [6, 6.07) is 6.91. The number of hydrogen-bond acceptors (Lipinski definition) is 8. The first-order valence-electron chi connectivity index (χ1n) is 11.5. The van der Waals surface area contributed by atoms with E-state index in [9.17, 15) is 9.59 Å². The van der Waals surface area contributed by atoms with Crippen LogP contribution in [0.25, 0.3) is 11.5 Å². The molecule has 2 fully saturated rings. The largest absolute Gasteiger partial charge is 0.376 e. The van der Waals surface area contributed by atoms with Crippen molar-refractivity contribution in [2.45, 2.75) is 25.0 Å². The number of fused-ring (bicyclic) bond motifs is 2. The number of anilines is 3. The van der Waals surface area contributed by atoms with Gasteiger partial charge in [0.05, 0.1) is 18.3 Å². The SMILES string of the molecule is CNc1cc(Nc2cccn(-c3ccn(C)n3)c2=O)nc2c(C(=O)NC3C[C@@H]4CCOC34)cnn12. The van der Waals surface area contributed by atoms with Gasteiger partial charge in [0.1, 0.15) is 22.9 Å². The number of amides is 1. The Morgan fingerprint density at radius 1 is 1.26 bits per heavy atom. The van der Waals surface area contributed by atoms with Crippen molar-refractivity contribution in [1.29, 1.82) is 0 Å². The highest BCUT2D eigenvalue weighted by atomic mass is 16.5. The number of nitrogens with zero attached hydrogens (tertiary/aromatic N) is 6. The lowest BCUT2D eigenvalue weighted by Crippen LogP contribution is -2.54. The van der Waals surface area contributed by atoms with Gasteiger partial charge in [0.2, 0.25) is 0 Å². The van der Waals surface area contributed by atoms with Crippen LogP contribution in [0.1, 0.15) is 23.2 Å². The molecule has 1 aliphatic carbocycles. The van der Waals surface area contributed by atoms with Gasteiger partial charge in [-0.25, -0.2) is 4.98 Å². The number of rotatable bonds is 6. The Bertz CT molecular complexity index is 1490. The van der Waals surface area contributed by atoms with Crippen LogP contribution in [0.2, 0.25) is 0 Å². The highest BCUT2D eigenvalue weighted by molar-refractivity contribution is 6.00. The van der Waals surface area contributed by atoms with E-state index in [1.54, 1.807) is 60.0 Å². The smallest absolute Gasteiger partial charge is 0.280 e. The number of ether oxygens (including phenoxy) is 1. The van der Waals surface area contributed by atoms with Crippen molar-refractivity contribution in [3.8, 4) is 5.82 Å². The maximum absolute atomic E-state index is 13.1. The second-order valence-electron chi connectivity index (χ2n) is 8.84. The average molecular weight is 476 g/mol. The van der Waals surface area contributed by atoms with Crippen LogP contribution in [0.3, 0.4) is 0 Å². The van der Waals surface area contributed by atoms with Gasteiger partial charge in [0.25, 0.3) is 11.5 Å². The molecule has 2 aliphatic rings. The molecular formula is C23H25N9O3. The summed E-state index contributed by atoms with van der Waals surface area (Å²) in [7, 11) is 3.54. The minimum Gasteiger partial charge on any atom is -0.376 e. The molecule has 1 saturated carbocycles. The van der Waals surface area contributed by atoms with Crippen LogP contribution in [0, 0.1) is 5.92 Å². The number of carbonyl (C=O) groups excluding carboxylic acids is 1. The lowest BCUT2D eigenvalue weighted by atomic mass is 9.77. The maximum atomic E-state index is 13.1. The summed E-state index contributed by atoms with van der Waals surface area (Å²) in [4.78, 5) is 30.8. The molecule has 0 spiro atoms. The van der Waals surface area contributed by atoms with Gasteiger partial charge in [-0.05, 0) is 30.9 Å². The average Bonchev–Trinajstić information content (AvgIpc) is 3.56. The van der Waals surface area contributed by atoms with Gasteiger partial charge in [0, 0.05) is 45.2 Å². The lowest BCUT2D eigenvalue weighted by molar-refractivity contribution is -0.000551. The molecule has 0 bridgehead atoms. The Balaban J connectivity index is 1.31. The first-order valence-corrected chi connectivity index (χ1v) is 11.5. The van der Waals surface area contributed by atoms with E-state index in [0.29, 0.717) is 40.3 Å². The molecule has 4 aromatic heterocycles. The van der Waals surface area contributed by atoms with Crippen LogP contribution < -0.4 is 21.5 Å². The molecule has 3 atom stereocenters. The fraction of sp³-hybridized carbons (Fsp3) is 0.348. The molecule has 5 heterocycles. The molecule has 4 aromatic rings. The molecule has 1 amide bonds. The minimum atomic E-state index is -0.276. The monoisotopic (exact) mass is 475 g/mol. The minimum absolute atomic E-state index is 0.00408. The zero-order valence-electron chi connectivity index (χ0n) is 19.3. The van der Waals surface area contributed by atoms with Crippen molar-refractivity contribution in [3.05, 3.63) is 58.8 Å². The summed E-state index contributed by atoms with van der Waals surface area (Å²) in [6.07, 6.45) is 7.00. The van der Waals surface area contributed by atoms with Crippen LogP contribution in [0.15, 0.2) is 47.7 Å². The predicted octanol–water partition coefficient (Wildman–Crippen LogP) is 1.31. The molecule has 6 rings (SSSR count). The fourth-order valence-corrected chi connectivity index (χ4v) is 4.81. The van der Waals surface area contributed by atoms with Crippen molar-refractivity contribution in [3.63, 3.8) is 0 Å². The molecule has 1 aliphatic heterocycles. The highest BCUT2D eigenvalue weighted by Gasteiger charge is 2.46. The van der Waals surface area contributed by atoms with Gasteiger partial charge in [0.15, 0.2) is 11.5 Å². The number of nitrogens with one attached hydrogen (secondary N) is 3. The summed E-state index contributed by atoms with van der Waals surface area (Å²) in [5.41, 5.74) is 0.773. The van der Waals surface area contributed by atoms with E-state index in [0.717, 1.165) is 19.4 Å². The van der Waals surface area contributed by atoms with E-state index in [1.807, 2.05) is 0 Å². The van der Waals surface area contributed by atoms with Crippen LogP contribution in [-0.4, -0.2) is 60.7 Å². The summed E-state index contributed by atoms with van der Waals surface area (Å²) < 4.78 is 10.4. The number of hydrogen-bond donors (Lipinski definition) is 3. The van der Waals surface area contributed by atoms with Crippen LogP contribution in [-0.2, 0) is 11.8 Å². The Morgan fingerprint density at radius 2 is 2.14 bits per heavy atom. The highest BCUT2D eigenvalue weighted by Crippen LogP contribution is 2.38. The second-order valence-corrected chi connectivity index (χ2v) is 8.84. The number of carbonyl (C=O) groups is 1. The second kappa shape index (κ2) is 8.24. The third kappa shape index (κ3) is 3.62. The Labute approximate surface area is 199 Å². The molecule has 3 N–H and O–H groups in total. The molecule has 2 unspecified atom stereocenters. The van der Waals surface area contributed by atoms with Gasteiger partial charge in [-0.3, -0.25) is 18.8 Å². The number of pyridine rings is 1. The molecule has 35 heavy (non-hydrogen) atoms. The van der Waals surface area contributed by atoms with Gasteiger partial charge in [-0.15, -0.1) is 0 Å². The summed E-state index contributed by atoms with van der Waals surface area (Å²) in [5.74, 6) is 1.81. The molecular weight excluding hydrogens is 450 g/mol. The van der Waals surface area contributed by atoms with Crippen molar-refractivity contribution in [1.82, 2.24) is 34.3 Å². The van der Waals surface area contributed by atoms with E-state index in [4.69, 9.17) is 4.74 Å². The topological polar surface area (TPSA) is 132 Å². The Morgan fingerprint density at radius 3 is 2.91 bits per heavy atom. The summed E-state index contributed by atoms with van der Waals surface area (Å²) in [6.45, 7) is 0.752. The van der Waals surface area contributed by atoms with Crippen LogP contribution in [0.4, 0.5) is 17.3 Å². The number of aryl methyl sites for hydroxylation is 1. The molecule has 1 saturated heterocycles. The fourth-order valence-electron chi connectivity index (χ4n) is 4.81. The van der Waals surface area contributed by atoms with Crippen LogP contribution >= 0.6 is 0 Å². The molecule has 0 radical (unpaired) electrons. The Hall–Kier alpha value is -4.19. The van der Waals surface area contributed by atoms with E-state index in [1.165, 1.54) is 10.8 Å². The third-order valence-electron chi connectivity index (χ3n) is 6.66. The maximum Gasteiger partial charge on any atom is 0.280 e.